The van der Waals surface area contributed by atoms with Crippen molar-refractivity contribution in [2.24, 2.45) is 5.14 Å². The summed E-state index contributed by atoms with van der Waals surface area (Å²) in [6.07, 6.45) is 0. The molecule has 108 valence electrons. The minimum atomic E-state index is -3.60. The third-order valence-corrected chi connectivity index (χ3v) is 4.41. The first-order chi connectivity index (χ1) is 9.45. The van der Waals surface area contributed by atoms with Crippen LogP contribution in [0.1, 0.15) is 5.82 Å². The van der Waals surface area contributed by atoms with Crippen LogP contribution in [-0.4, -0.2) is 58.7 Å². The van der Waals surface area contributed by atoms with Crippen molar-refractivity contribution in [1.82, 2.24) is 24.1 Å². The number of rotatable bonds is 2. The van der Waals surface area contributed by atoms with Gasteiger partial charge in [-0.1, -0.05) is 0 Å². The van der Waals surface area contributed by atoms with Crippen LogP contribution in [0.3, 0.4) is 0 Å². The van der Waals surface area contributed by atoms with E-state index in [1.165, 1.54) is 4.31 Å². The van der Waals surface area contributed by atoms with Crippen LogP contribution in [0.15, 0.2) is 12.1 Å². The molecule has 1 aliphatic heterocycles. The summed E-state index contributed by atoms with van der Waals surface area (Å²) < 4.78 is 25.5. The largest absolute Gasteiger partial charge is 0.353 e. The number of hydrogen-bond donors (Lipinski definition) is 1. The quantitative estimate of drug-likeness (QED) is 0.742. The molecule has 1 fully saturated rings. The maximum Gasteiger partial charge on any atom is 0.277 e. The molecule has 20 heavy (non-hydrogen) atoms. The Morgan fingerprint density at radius 3 is 2.50 bits per heavy atom. The lowest BCUT2D eigenvalue weighted by atomic mass is 10.3. The summed E-state index contributed by atoms with van der Waals surface area (Å²) in [5.41, 5.74) is 0.689. The van der Waals surface area contributed by atoms with Crippen LogP contribution in [0, 0.1) is 6.92 Å². The molecule has 0 unspecified atom stereocenters. The molecular weight excluding hydrogens is 282 g/mol. The molecule has 0 amide bonds. The summed E-state index contributed by atoms with van der Waals surface area (Å²) in [6.45, 7) is 3.65. The molecule has 9 nitrogen and oxygen atoms in total. The molecule has 2 aromatic heterocycles. The van der Waals surface area contributed by atoms with Gasteiger partial charge in [-0.15, -0.1) is 15.3 Å². The van der Waals surface area contributed by atoms with Crippen molar-refractivity contribution < 1.29 is 8.42 Å². The van der Waals surface area contributed by atoms with Crippen LogP contribution >= 0.6 is 0 Å². The second-order valence-electron chi connectivity index (χ2n) is 4.64. The molecule has 2 N–H and O–H groups in total. The highest BCUT2D eigenvalue weighted by molar-refractivity contribution is 7.86. The van der Waals surface area contributed by atoms with Gasteiger partial charge in [0.15, 0.2) is 11.5 Å². The molecule has 0 bridgehead atoms. The van der Waals surface area contributed by atoms with Gasteiger partial charge in [0.05, 0.1) is 0 Å². The van der Waals surface area contributed by atoms with E-state index < -0.39 is 10.2 Å². The van der Waals surface area contributed by atoms with Gasteiger partial charge in [0.1, 0.15) is 5.82 Å². The molecule has 3 heterocycles. The smallest absolute Gasteiger partial charge is 0.277 e. The Bertz CT molecular complexity index is 733. The lowest BCUT2D eigenvalue weighted by Crippen LogP contribution is -2.51. The number of hydrogen-bond acceptors (Lipinski definition) is 6. The highest BCUT2D eigenvalue weighted by Crippen LogP contribution is 2.15. The summed E-state index contributed by atoms with van der Waals surface area (Å²) in [5, 5.41) is 17.5. The standard InChI is InChI=1S/C10H15N7O2S/c1-8-12-13-9-2-3-10(14-17(8)9)15-4-6-16(7-5-15)20(11,18)19/h2-3H,4-7H2,1H3,(H2,11,18,19). The first-order valence-corrected chi connectivity index (χ1v) is 7.67. The van der Waals surface area contributed by atoms with Crippen molar-refractivity contribution in [3.8, 4) is 0 Å². The Balaban J connectivity index is 1.81. The van der Waals surface area contributed by atoms with E-state index in [1.54, 1.807) is 4.52 Å². The number of aryl methyl sites for hydroxylation is 1. The second kappa shape index (κ2) is 4.65. The van der Waals surface area contributed by atoms with Gasteiger partial charge in [-0.3, -0.25) is 0 Å². The Morgan fingerprint density at radius 2 is 1.85 bits per heavy atom. The fraction of sp³-hybridized carbons (Fsp3) is 0.500. The predicted octanol–water partition coefficient (Wildman–Crippen LogP) is -1.24. The molecule has 1 aliphatic rings. The molecule has 0 spiro atoms. The van der Waals surface area contributed by atoms with Crippen LogP contribution in [0.4, 0.5) is 5.82 Å². The van der Waals surface area contributed by atoms with Gasteiger partial charge in [0, 0.05) is 26.2 Å². The average molecular weight is 297 g/mol. The summed E-state index contributed by atoms with van der Waals surface area (Å²) in [5.74, 6) is 1.49. The van der Waals surface area contributed by atoms with E-state index in [4.69, 9.17) is 5.14 Å². The molecule has 1 saturated heterocycles. The van der Waals surface area contributed by atoms with Crippen molar-refractivity contribution in [2.45, 2.75) is 6.92 Å². The zero-order chi connectivity index (χ0) is 14.3. The van der Waals surface area contributed by atoms with Gasteiger partial charge in [-0.25, -0.2) is 5.14 Å². The zero-order valence-corrected chi connectivity index (χ0v) is 11.8. The Morgan fingerprint density at radius 1 is 1.15 bits per heavy atom. The molecule has 0 radical (unpaired) electrons. The third-order valence-electron chi connectivity index (χ3n) is 3.33. The number of nitrogens with two attached hydrogens (primary N) is 1. The number of anilines is 1. The highest BCUT2D eigenvalue weighted by Gasteiger charge is 2.24. The molecule has 2 aromatic rings. The van der Waals surface area contributed by atoms with Crippen LogP contribution < -0.4 is 10.0 Å². The van der Waals surface area contributed by atoms with Crippen molar-refractivity contribution in [3.63, 3.8) is 0 Å². The SMILES string of the molecule is Cc1nnc2ccc(N3CCN(S(N)(=O)=O)CC3)nn12. The van der Waals surface area contributed by atoms with E-state index in [0.717, 1.165) is 5.82 Å². The van der Waals surface area contributed by atoms with E-state index >= 15 is 0 Å². The second-order valence-corrected chi connectivity index (χ2v) is 6.19. The normalized spacial score (nSPS) is 17.8. The van der Waals surface area contributed by atoms with Crippen molar-refractivity contribution in [3.05, 3.63) is 18.0 Å². The number of nitrogens with zero attached hydrogens (tertiary/aromatic N) is 6. The topological polar surface area (TPSA) is 110 Å². The van der Waals surface area contributed by atoms with Gasteiger partial charge in [-0.2, -0.15) is 17.2 Å². The summed E-state index contributed by atoms with van der Waals surface area (Å²) >= 11 is 0. The van der Waals surface area contributed by atoms with Crippen molar-refractivity contribution >= 4 is 21.7 Å². The molecule has 0 atom stereocenters. The number of piperazine rings is 1. The maximum atomic E-state index is 11.3. The van der Waals surface area contributed by atoms with E-state index in [-0.39, 0.29) is 0 Å². The van der Waals surface area contributed by atoms with Gasteiger partial charge in [-0.05, 0) is 19.1 Å². The van der Waals surface area contributed by atoms with E-state index in [9.17, 15) is 8.42 Å². The van der Waals surface area contributed by atoms with Crippen LogP contribution in [0.2, 0.25) is 0 Å². The third kappa shape index (κ3) is 2.32. The fourth-order valence-electron chi connectivity index (χ4n) is 2.23. The number of fused-ring (bicyclic) bond motifs is 1. The van der Waals surface area contributed by atoms with Crippen LogP contribution in [0.25, 0.3) is 5.65 Å². The molecule has 0 aliphatic carbocycles. The number of aromatic nitrogens is 4. The minimum absolute atomic E-state index is 0.361. The zero-order valence-electron chi connectivity index (χ0n) is 11.0. The first-order valence-electron chi connectivity index (χ1n) is 6.17. The summed E-state index contributed by atoms with van der Waals surface area (Å²) in [7, 11) is -3.60. The van der Waals surface area contributed by atoms with E-state index in [2.05, 4.69) is 15.3 Å². The predicted molar refractivity (Wildman–Crippen MR) is 72.4 cm³/mol. The van der Waals surface area contributed by atoms with Gasteiger partial charge in [0.25, 0.3) is 10.2 Å². The van der Waals surface area contributed by atoms with E-state index in [0.29, 0.717) is 37.7 Å². The Hall–Kier alpha value is -1.78. The minimum Gasteiger partial charge on any atom is -0.353 e. The van der Waals surface area contributed by atoms with Gasteiger partial charge >= 0.3 is 0 Å². The van der Waals surface area contributed by atoms with Crippen molar-refractivity contribution in [1.29, 1.82) is 0 Å². The maximum absolute atomic E-state index is 11.3. The summed E-state index contributed by atoms with van der Waals surface area (Å²) in [6, 6.07) is 3.70. The van der Waals surface area contributed by atoms with Crippen molar-refractivity contribution in [2.75, 3.05) is 31.1 Å². The monoisotopic (exact) mass is 297 g/mol. The Kier molecular flexibility index (Phi) is 3.07. The molecular formula is C10H15N7O2S. The van der Waals surface area contributed by atoms with Crippen LogP contribution in [0.5, 0.6) is 0 Å². The highest BCUT2D eigenvalue weighted by atomic mass is 32.2. The fourth-order valence-corrected chi connectivity index (χ4v) is 2.90. The lowest BCUT2D eigenvalue weighted by Gasteiger charge is -2.33. The Labute approximate surface area is 116 Å². The van der Waals surface area contributed by atoms with Crippen LogP contribution in [-0.2, 0) is 10.2 Å². The summed E-state index contributed by atoms with van der Waals surface area (Å²) in [4.78, 5) is 2.01. The first kappa shape index (κ1) is 13.2. The molecule has 10 heteroatoms. The average Bonchev–Trinajstić information content (AvgIpc) is 2.79. The van der Waals surface area contributed by atoms with Gasteiger partial charge in [0.2, 0.25) is 0 Å². The molecule has 0 aromatic carbocycles. The molecule has 0 saturated carbocycles. The molecule has 3 rings (SSSR count). The van der Waals surface area contributed by atoms with E-state index in [1.807, 2.05) is 24.0 Å². The van der Waals surface area contributed by atoms with Gasteiger partial charge < -0.3 is 4.90 Å². The lowest BCUT2D eigenvalue weighted by molar-refractivity contribution is 0.384.